The molecule has 0 amide bonds. The average Bonchev–Trinajstić information content (AvgIpc) is 2.34. The second-order valence-corrected chi connectivity index (χ2v) is 3.80. The van der Waals surface area contributed by atoms with Crippen LogP contribution < -0.4 is 10.1 Å². The Morgan fingerprint density at radius 3 is 2.44 bits per heavy atom. The van der Waals surface area contributed by atoms with Gasteiger partial charge in [-0.05, 0) is 37.6 Å². The molecule has 3 nitrogen and oxygen atoms in total. The van der Waals surface area contributed by atoms with Crippen LogP contribution in [0.4, 0.5) is 0 Å². The van der Waals surface area contributed by atoms with Crippen LogP contribution in [0.1, 0.15) is 24.9 Å². The van der Waals surface area contributed by atoms with E-state index in [1.54, 1.807) is 14.2 Å². The summed E-state index contributed by atoms with van der Waals surface area (Å²) in [6.07, 6.45) is 1.04. The van der Waals surface area contributed by atoms with E-state index in [2.05, 4.69) is 24.4 Å². The van der Waals surface area contributed by atoms with Gasteiger partial charge in [-0.2, -0.15) is 0 Å². The molecule has 90 valence electrons. The third-order valence-electron chi connectivity index (χ3n) is 2.59. The van der Waals surface area contributed by atoms with Crippen LogP contribution in [-0.2, 0) is 4.74 Å². The van der Waals surface area contributed by atoms with Gasteiger partial charge in [0, 0.05) is 19.8 Å². The predicted octanol–water partition coefficient (Wildman–Crippen LogP) is 2.38. The van der Waals surface area contributed by atoms with E-state index in [-0.39, 0.29) is 0 Å². The van der Waals surface area contributed by atoms with E-state index in [4.69, 9.17) is 9.47 Å². The molecule has 3 heteroatoms. The van der Waals surface area contributed by atoms with Crippen molar-refractivity contribution in [2.24, 2.45) is 0 Å². The monoisotopic (exact) mass is 223 g/mol. The van der Waals surface area contributed by atoms with Crippen LogP contribution in [0.25, 0.3) is 0 Å². The van der Waals surface area contributed by atoms with Crippen LogP contribution in [0.15, 0.2) is 24.3 Å². The van der Waals surface area contributed by atoms with Crippen LogP contribution in [0.2, 0.25) is 0 Å². The Morgan fingerprint density at radius 2 is 1.88 bits per heavy atom. The summed E-state index contributed by atoms with van der Waals surface area (Å²) in [6, 6.07) is 8.52. The number of benzene rings is 1. The zero-order chi connectivity index (χ0) is 11.8. The quantitative estimate of drug-likeness (QED) is 0.720. The van der Waals surface area contributed by atoms with Crippen LogP contribution in [0.5, 0.6) is 5.75 Å². The third-order valence-corrected chi connectivity index (χ3v) is 2.59. The average molecular weight is 223 g/mol. The predicted molar refractivity (Wildman–Crippen MR) is 65.9 cm³/mol. The van der Waals surface area contributed by atoms with Crippen molar-refractivity contribution in [2.45, 2.75) is 19.4 Å². The highest BCUT2D eigenvalue weighted by molar-refractivity contribution is 5.28. The molecule has 1 aromatic carbocycles. The number of hydrogen-bond donors (Lipinski definition) is 1. The van der Waals surface area contributed by atoms with Crippen LogP contribution >= 0.6 is 0 Å². The topological polar surface area (TPSA) is 30.5 Å². The second-order valence-electron chi connectivity index (χ2n) is 3.80. The van der Waals surface area contributed by atoms with E-state index in [0.717, 1.165) is 25.3 Å². The molecule has 1 N–H and O–H groups in total. The number of ether oxygens (including phenoxy) is 2. The molecule has 0 heterocycles. The van der Waals surface area contributed by atoms with E-state index in [0.29, 0.717) is 6.04 Å². The molecular formula is C13H21NO2. The molecule has 0 aliphatic heterocycles. The highest BCUT2D eigenvalue weighted by atomic mass is 16.5. The Balaban J connectivity index is 2.37. The molecule has 0 aromatic heterocycles. The van der Waals surface area contributed by atoms with Gasteiger partial charge in [0.15, 0.2) is 0 Å². The number of methoxy groups -OCH3 is 2. The Bertz CT molecular complexity index is 284. The fourth-order valence-electron chi connectivity index (χ4n) is 1.55. The van der Waals surface area contributed by atoms with Crippen LogP contribution in [0, 0.1) is 0 Å². The SMILES string of the molecule is COCCCNC(C)c1ccc(OC)cc1. The van der Waals surface area contributed by atoms with Gasteiger partial charge in [0.1, 0.15) is 5.75 Å². The van der Waals surface area contributed by atoms with Gasteiger partial charge in [0.25, 0.3) is 0 Å². The molecule has 1 rings (SSSR count). The number of rotatable bonds is 7. The summed E-state index contributed by atoms with van der Waals surface area (Å²) in [5.41, 5.74) is 1.28. The van der Waals surface area contributed by atoms with Crippen molar-refractivity contribution in [1.29, 1.82) is 0 Å². The maximum atomic E-state index is 5.13. The van der Waals surface area contributed by atoms with Gasteiger partial charge in [-0.25, -0.2) is 0 Å². The van der Waals surface area contributed by atoms with E-state index in [1.165, 1.54) is 5.56 Å². The van der Waals surface area contributed by atoms with Crippen molar-refractivity contribution in [3.63, 3.8) is 0 Å². The van der Waals surface area contributed by atoms with Crippen molar-refractivity contribution in [1.82, 2.24) is 5.32 Å². The lowest BCUT2D eigenvalue weighted by atomic mass is 10.1. The number of hydrogen-bond acceptors (Lipinski definition) is 3. The lowest BCUT2D eigenvalue weighted by molar-refractivity contribution is 0.193. The molecule has 1 atom stereocenters. The van der Waals surface area contributed by atoms with Crippen molar-refractivity contribution >= 4 is 0 Å². The first-order chi connectivity index (χ1) is 7.77. The molecular weight excluding hydrogens is 202 g/mol. The second kappa shape index (κ2) is 7.25. The summed E-state index contributed by atoms with van der Waals surface area (Å²) in [4.78, 5) is 0. The zero-order valence-electron chi connectivity index (χ0n) is 10.3. The largest absolute Gasteiger partial charge is 0.497 e. The van der Waals surface area contributed by atoms with E-state index >= 15 is 0 Å². The summed E-state index contributed by atoms with van der Waals surface area (Å²) < 4.78 is 10.1. The summed E-state index contributed by atoms with van der Waals surface area (Å²) in [6.45, 7) is 3.94. The van der Waals surface area contributed by atoms with Gasteiger partial charge in [0.05, 0.1) is 7.11 Å². The minimum atomic E-state index is 0.364. The van der Waals surface area contributed by atoms with E-state index < -0.39 is 0 Å². The molecule has 0 spiro atoms. The molecule has 16 heavy (non-hydrogen) atoms. The van der Waals surface area contributed by atoms with Crippen molar-refractivity contribution < 1.29 is 9.47 Å². The normalized spacial score (nSPS) is 12.4. The molecule has 1 unspecified atom stereocenters. The van der Waals surface area contributed by atoms with E-state index in [1.807, 2.05) is 12.1 Å². The highest BCUT2D eigenvalue weighted by Gasteiger charge is 2.03. The fourth-order valence-corrected chi connectivity index (χ4v) is 1.55. The van der Waals surface area contributed by atoms with Gasteiger partial charge >= 0.3 is 0 Å². The summed E-state index contributed by atoms with van der Waals surface area (Å²) in [5, 5.41) is 3.45. The molecule has 0 saturated heterocycles. The Hall–Kier alpha value is -1.06. The molecule has 0 aliphatic carbocycles. The van der Waals surface area contributed by atoms with Crippen molar-refractivity contribution in [2.75, 3.05) is 27.4 Å². The maximum Gasteiger partial charge on any atom is 0.118 e. The Morgan fingerprint density at radius 1 is 1.19 bits per heavy atom. The van der Waals surface area contributed by atoms with Crippen molar-refractivity contribution in [3.8, 4) is 5.75 Å². The molecule has 0 saturated carbocycles. The van der Waals surface area contributed by atoms with Crippen molar-refractivity contribution in [3.05, 3.63) is 29.8 Å². The van der Waals surface area contributed by atoms with Crippen LogP contribution in [0.3, 0.4) is 0 Å². The molecule has 0 aliphatic rings. The third kappa shape index (κ3) is 4.21. The van der Waals surface area contributed by atoms with Gasteiger partial charge in [0.2, 0.25) is 0 Å². The van der Waals surface area contributed by atoms with E-state index in [9.17, 15) is 0 Å². The first kappa shape index (κ1) is 13.0. The van der Waals surface area contributed by atoms with Crippen LogP contribution in [-0.4, -0.2) is 27.4 Å². The molecule has 1 aromatic rings. The summed E-state index contributed by atoms with van der Waals surface area (Å²) in [7, 11) is 3.41. The number of nitrogens with one attached hydrogen (secondary N) is 1. The minimum Gasteiger partial charge on any atom is -0.497 e. The summed E-state index contributed by atoms with van der Waals surface area (Å²) in [5.74, 6) is 0.898. The van der Waals surface area contributed by atoms with Gasteiger partial charge in [-0.1, -0.05) is 12.1 Å². The standard InChI is InChI=1S/C13H21NO2/c1-11(14-9-4-10-15-2)12-5-7-13(16-3)8-6-12/h5-8,11,14H,4,9-10H2,1-3H3. The Labute approximate surface area is 97.8 Å². The Kier molecular flexibility index (Phi) is 5.90. The van der Waals surface area contributed by atoms with Gasteiger partial charge < -0.3 is 14.8 Å². The minimum absolute atomic E-state index is 0.364. The molecule has 0 fully saturated rings. The zero-order valence-corrected chi connectivity index (χ0v) is 10.3. The molecule has 0 bridgehead atoms. The van der Waals surface area contributed by atoms with Gasteiger partial charge in [-0.3, -0.25) is 0 Å². The molecule has 0 radical (unpaired) electrons. The lowest BCUT2D eigenvalue weighted by Gasteiger charge is -2.14. The first-order valence-corrected chi connectivity index (χ1v) is 5.64. The summed E-state index contributed by atoms with van der Waals surface area (Å²) >= 11 is 0. The van der Waals surface area contributed by atoms with Gasteiger partial charge in [-0.15, -0.1) is 0 Å². The lowest BCUT2D eigenvalue weighted by Crippen LogP contribution is -2.20. The smallest absolute Gasteiger partial charge is 0.118 e. The highest BCUT2D eigenvalue weighted by Crippen LogP contribution is 2.16. The maximum absolute atomic E-state index is 5.13. The fraction of sp³-hybridized carbons (Fsp3) is 0.538. The first-order valence-electron chi connectivity index (χ1n) is 5.64.